The highest BCUT2D eigenvalue weighted by Crippen LogP contribution is 2.19. The van der Waals surface area contributed by atoms with Crippen LogP contribution in [0.3, 0.4) is 0 Å². The average Bonchev–Trinajstić information content (AvgIpc) is 3.32. The van der Waals surface area contributed by atoms with Crippen molar-refractivity contribution in [1.82, 2.24) is 35.5 Å². The van der Waals surface area contributed by atoms with Crippen LogP contribution in [0.4, 0.5) is 5.69 Å². The van der Waals surface area contributed by atoms with E-state index in [4.69, 9.17) is 0 Å². The summed E-state index contributed by atoms with van der Waals surface area (Å²) >= 11 is 0. The van der Waals surface area contributed by atoms with E-state index in [1.165, 1.54) is 0 Å². The minimum atomic E-state index is -0.272. The Kier molecular flexibility index (Phi) is 4.44. The third kappa shape index (κ3) is 3.47. The molecule has 0 atom stereocenters. The van der Waals surface area contributed by atoms with E-state index < -0.39 is 0 Å². The number of hydrogen-bond acceptors (Lipinski definition) is 6. The molecule has 0 unspecified atom stereocenters. The Morgan fingerprint density at radius 2 is 2.00 bits per heavy atom. The van der Waals surface area contributed by atoms with Crippen molar-refractivity contribution in [2.45, 2.75) is 25.8 Å². The molecule has 1 saturated heterocycles. The first-order valence-corrected chi connectivity index (χ1v) is 8.62. The Hall–Kier alpha value is -3.07. The Morgan fingerprint density at radius 1 is 1.23 bits per heavy atom. The van der Waals surface area contributed by atoms with Crippen molar-refractivity contribution in [3.8, 4) is 11.4 Å². The molecule has 0 radical (unpaired) electrons. The second-order valence-electron chi connectivity index (χ2n) is 6.34. The predicted molar refractivity (Wildman–Crippen MR) is 95.7 cm³/mol. The summed E-state index contributed by atoms with van der Waals surface area (Å²) < 4.78 is 1.80. The summed E-state index contributed by atoms with van der Waals surface area (Å²) in [5.74, 6) is 1.12. The molecular formula is C17H20N8O. The summed E-state index contributed by atoms with van der Waals surface area (Å²) in [6.07, 6.45) is 3.70. The molecule has 134 valence electrons. The number of aromatic amines is 1. The molecule has 3 heterocycles. The lowest BCUT2D eigenvalue weighted by molar-refractivity contribution is 0.102. The van der Waals surface area contributed by atoms with E-state index >= 15 is 0 Å². The Bertz CT molecular complexity index is 892. The number of aromatic nitrogens is 6. The molecule has 3 aromatic rings. The molecule has 1 aromatic carbocycles. The van der Waals surface area contributed by atoms with Crippen molar-refractivity contribution >= 4 is 11.6 Å². The molecule has 4 rings (SSSR count). The minimum Gasteiger partial charge on any atom is -0.321 e. The van der Waals surface area contributed by atoms with Gasteiger partial charge < -0.3 is 10.6 Å². The zero-order valence-corrected chi connectivity index (χ0v) is 14.4. The molecule has 1 aliphatic rings. The monoisotopic (exact) mass is 352 g/mol. The van der Waals surface area contributed by atoms with Crippen LogP contribution in [-0.4, -0.2) is 49.2 Å². The first kappa shape index (κ1) is 16.4. The van der Waals surface area contributed by atoms with Crippen LogP contribution < -0.4 is 10.6 Å². The Labute approximate surface area is 150 Å². The molecule has 26 heavy (non-hydrogen) atoms. The lowest BCUT2D eigenvalue weighted by Crippen LogP contribution is -2.29. The molecule has 0 bridgehead atoms. The fourth-order valence-corrected chi connectivity index (χ4v) is 3.00. The van der Waals surface area contributed by atoms with Gasteiger partial charge in [0.25, 0.3) is 5.91 Å². The maximum Gasteiger partial charge on any atom is 0.277 e. The van der Waals surface area contributed by atoms with Gasteiger partial charge in [0.15, 0.2) is 11.5 Å². The lowest BCUT2D eigenvalue weighted by Gasteiger charge is -2.22. The third-order valence-electron chi connectivity index (χ3n) is 4.42. The van der Waals surface area contributed by atoms with Gasteiger partial charge in [0, 0.05) is 11.3 Å². The van der Waals surface area contributed by atoms with E-state index in [1.54, 1.807) is 10.9 Å². The van der Waals surface area contributed by atoms with Gasteiger partial charge in [-0.25, -0.2) is 9.67 Å². The van der Waals surface area contributed by atoms with Crippen molar-refractivity contribution in [2.75, 3.05) is 18.4 Å². The number of hydrogen-bond donors (Lipinski definition) is 3. The minimum absolute atomic E-state index is 0.272. The average molecular weight is 352 g/mol. The largest absolute Gasteiger partial charge is 0.321 e. The first-order valence-electron chi connectivity index (χ1n) is 8.62. The number of anilines is 1. The van der Waals surface area contributed by atoms with Crippen LogP contribution in [0.25, 0.3) is 11.4 Å². The van der Waals surface area contributed by atoms with Gasteiger partial charge in [-0.15, -0.1) is 5.10 Å². The van der Waals surface area contributed by atoms with Crippen LogP contribution in [-0.2, 0) is 0 Å². The van der Waals surface area contributed by atoms with Gasteiger partial charge in [-0.3, -0.25) is 9.89 Å². The molecular weight excluding hydrogens is 332 g/mol. The molecule has 0 saturated carbocycles. The number of aryl methyl sites for hydroxylation is 1. The number of benzene rings is 1. The second kappa shape index (κ2) is 7.04. The Balaban J connectivity index is 1.42. The molecule has 9 nitrogen and oxygen atoms in total. The number of carbonyl (C=O) groups excluding carboxylic acids is 1. The number of amides is 1. The van der Waals surface area contributed by atoms with E-state index in [9.17, 15) is 4.79 Å². The van der Waals surface area contributed by atoms with Crippen LogP contribution in [0.15, 0.2) is 30.5 Å². The van der Waals surface area contributed by atoms with Crippen LogP contribution in [0.5, 0.6) is 0 Å². The van der Waals surface area contributed by atoms with Gasteiger partial charge in [-0.05, 0) is 57.1 Å². The summed E-state index contributed by atoms with van der Waals surface area (Å²) in [6, 6.07) is 7.66. The summed E-state index contributed by atoms with van der Waals surface area (Å²) in [7, 11) is 0. The summed E-state index contributed by atoms with van der Waals surface area (Å²) in [6.45, 7) is 3.77. The third-order valence-corrected chi connectivity index (χ3v) is 4.42. The number of H-pyrrole nitrogens is 1. The molecule has 3 N–H and O–H groups in total. The van der Waals surface area contributed by atoms with Gasteiger partial charge >= 0.3 is 0 Å². The molecule has 1 amide bonds. The van der Waals surface area contributed by atoms with E-state index in [0.29, 0.717) is 23.2 Å². The molecule has 1 aliphatic heterocycles. The Morgan fingerprint density at radius 3 is 2.69 bits per heavy atom. The number of rotatable bonds is 4. The van der Waals surface area contributed by atoms with Crippen LogP contribution in [0.1, 0.15) is 35.2 Å². The fourth-order valence-electron chi connectivity index (χ4n) is 3.00. The zero-order chi connectivity index (χ0) is 17.9. The molecule has 2 aromatic heterocycles. The van der Waals surface area contributed by atoms with Crippen molar-refractivity contribution in [3.63, 3.8) is 0 Å². The van der Waals surface area contributed by atoms with Crippen LogP contribution in [0, 0.1) is 6.92 Å². The van der Waals surface area contributed by atoms with Gasteiger partial charge in [-0.1, -0.05) is 5.21 Å². The number of piperidine rings is 1. The summed E-state index contributed by atoms with van der Waals surface area (Å²) in [5.41, 5.74) is 1.88. The predicted octanol–water partition coefficient (Wildman–Crippen LogP) is 1.55. The van der Waals surface area contributed by atoms with Gasteiger partial charge in [0.2, 0.25) is 0 Å². The van der Waals surface area contributed by atoms with Crippen molar-refractivity contribution in [1.29, 1.82) is 0 Å². The summed E-state index contributed by atoms with van der Waals surface area (Å²) in [5, 5.41) is 21.2. The molecule has 0 aliphatic carbocycles. The van der Waals surface area contributed by atoms with Crippen molar-refractivity contribution in [3.05, 3.63) is 42.0 Å². The topological polar surface area (TPSA) is 113 Å². The van der Waals surface area contributed by atoms with Gasteiger partial charge in [0.05, 0.1) is 12.2 Å². The van der Waals surface area contributed by atoms with Gasteiger partial charge in [-0.2, -0.15) is 5.10 Å². The van der Waals surface area contributed by atoms with E-state index in [1.807, 2.05) is 31.2 Å². The van der Waals surface area contributed by atoms with Crippen LogP contribution in [0.2, 0.25) is 0 Å². The molecule has 0 spiro atoms. The number of carbonyl (C=O) groups is 1. The molecule has 9 heteroatoms. The first-order chi connectivity index (χ1) is 12.7. The fraction of sp³-hybridized carbons (Fsp3) is 0.353. The summed E-state index contributed by atoms with van der Waals surface area (Å²) in [4.78, 5) is 16.7. The quantitative estimate of drug-likeness (QED) is 0.656. The standard InChI is InChI=1S/C17H20N8O/c1-11-19-16(23-21-11)12-2-4-13(5-3-12)20-17(26)15-10-25(24-22-15)14-6-8-18-9-7-14/h2-5,10,14,18H,6-9H2,1H3,(H,20,26)(H,19,21,23). The maximum absolute atomic E-state index is 12.4. The highest BCUT2D eigenvalue weighted by atomic mass is 16.2. The molecule has 1 fully saturated rings. The highest BCUT2D eigenvalue weighted by molar-refractivity contribution is 6.02. The smallest absolute Gasteiger partial charge is 0.277 e. The van der Waals surface area contributed by atoms with Crippen molar-refractivity contribution < 1.29 is 4.79 Å². The zero-order valence-electron chi connectivity index (χ0n) is 14.4. The second-order valence-corrected chi connectivity index (χ2v) is 6.34. The van der Waals surface area contributed by atoms with Crippen LogP contribution >= 0.6 is 0 Å². The maximum atomic E-state index is 12.4. The van der Waals surface area contributed by atoms with Crippen molar-refractivity contribution in [2.24, 2.45) is 0 Å². The van der Waals surface area contributed by atoms with Gasteiger partial charge in [0.1, 0.15) is 5.82 Å². The van der Waals surface area contributed by atoms with E-state index in [2.05, 4.69) is 36.1 Å². The highest BCUT2D eigenvalue weighted by Gasteiger charge is 2.18. The van der Waals surface area contributed by atoms with E-state index in [0.717, 1.165) is 37.3 Å². The normalized spacial score (nSPS) is 15.1. The number of nitrogens with one attached hydrogen (secondary N) is 3. The van der Waals surface area contributed by atoms with E-state index in [-0.39, 0.29) is 5.91 Å². The SMILES string of the molecule is Cc1nc(-c2ccc(NC(=O)c3cn(C4CCNCC4)nn3)cc2)n[nH]1. The number of nitrogens with zero attached hydrogens (tertiary/aromatic N) is 5. The lowest BCUT2D eigenvalue weighted by atomic mass is 10.1.